The average Bonchev–Trinajstić information content (AvgIpc) is 2.59. The van der Waals surface area contributed by atoms with E-state index in [0.29, 0.717) is 23.8 Å². The SMILES string of the molecule is CC.COc1c(F)c(F)cc2c(=O)c(C(=O)OB(F)F)cn(CC(C)(F)F)c12. The number of benzene rings is 1. The standard InChI is InChI=1S/C14H10BF6NO4.C2H6/c1-14(18,19)5-22-4-7(13(24)26-15(20)21)11(23)6-3-8(16)9(17)12(25-2)10(6)22;1-2/h3-4H,5H2,1-2H3;1-2H3. The largest absolute Gasteiger partial charge is 0.798 e. The van der Waals surface area contributed by atoms with Gasteiger partial charge in [0.1, 0.15) is 5.56 Å². The van der Waals surface area contributed by atoms with E-state index < -0.39 is 65.2 Å². The Morgan fingerprint density at radius 1 is 1.25 bits per heavy atom. The molecule has 0 amide bonds. The minimum absolute atomic E-state index is 0.360. The van der Waals surface area contributed by atoms with Crippen molar-refractivity contribution in [3.8, 4) is 5.75 Å². The molecular weight excluding hydrogens is 395 g/mol. The molecule has 2 aromatic rings. The summed E-state index contributed by atoms with van der Waals surface area (Å²) in [6.45, 7) is 3.31. The molecule has 0 aliphatic heterocycles. The fraction of sp³-hybridized carbons (Fsp3) is 0.375. The zero-order valence-corrected chi connectivity index (χ0v) is 15.3. The maximum atomic E-state index is 13.9. The lowest BCUT2D eigenvalue weighted by molar-refractivity contribution is 0.00470. The van der Waals surface area contributed by atoms with Crippen LogP contribution in [0, 0.1) is 11.6 Å². The molecule has 1 heterocycles. The van der Waals surface area contributed by atoms with Crippen molar-refractivity contribution in [2.45, 2.75) is 33.2 Å². The maximum Gasteiger partial charge on any atom is 0.798 e. The predicted molar refractivity (Wildman–Crippen MR) is 90.0 cm³/mol. The lowest BCUT2D eigenvalue weighted by atomic mass is 10.1. The maximum absolute atomic E-state index is 13.9. The third-order valence-electron chi connectivity index (χ3n) is 3.28. The second kappa shape index (κ2) is 9.02. The van der Waals surface area contributed by atoms with Crippen molar-refractivity contribution in [3.63, 3.8) is 0 Å². The highest BCUT2D eigenvalue weighted by Gasteiger charge is 2.30. The summed E-state index contributed by atoms with van der Waals surface area (Å²) >= 11 is 0. The summed E-state index contributed by atoms with van der Waals surface area (Å²) < 4.78 is 87.8. The van der Waals surface area contributed by atoms with Gasteiger partial charge in [-0.1, -0.05) is 13.8 Å². The third-order valence-corrected chi connectivity index (χ3v) is 3.28. The first kappa shape index (κ1) is 23.4. The number of hydrogen-bond acceptors (Lipinski definition) is 4. The number of carbonyl (C=O) groups excluding carboxylic acids is 1. The Kier molecular flexibility index (Phi) is 7.54. The van der Waals surface area contributed by atoms with Gasteiger partial charge in [0.25, 0.3) is 5.92 Å². The van der Waals surface area contributed by atoms with Gasteiger partial charge in [-0.05, 0) is 6.07 Å². The molecule has 0 spiro atoms. The molecule has 0 saturated heterocycles. The number of hydrogen-bond donors (Lipinski definition) is 0. The van der Waals surface area contributed by atoms with Crippen molar-refractivity contribution in [2.24, 2.45) is 0 Å². The van der Waals surface area contributed by atoms with Crippen LogP contribution in [0.2, 0.25) is 0 Å². The lowest BCUT2D eigenvalue weighted by Crippen LogP contribution is -2.27. The molecule has 1 aromatic carbocycles. The van der Waals surface area contributed by atoms with E-state index in [9.17, 15) is 35.8 Å². The Hall–Kier alpha value is -2.66. The molecule has 0 aliphatic rings. The van der Waals surface area contributed by atoms with Crippen LogP contribution >= 0.6 is 0 Å². The molecule has 1 aromatic heterocycles. The monoisotopic (exact) mass is 411 g/mol. The summed E-state index contributed by atoms with van der Waals surface area (Å²) in [5.74, 6) is -9.17. The first-order valence-corrected chi connectivity index (χ1v) is 7.92. The van der Waals surface area contributed by atoms with Gasteiger partial charge in [-0.2, -0.15) is 4.39 Å². The third kappa shape index (κ3) is 4.99. The quantitative estimate of drug-likeness (QED) is 0.551. The van der Waals surface area contributed by atoms with Crippen molar-refractivity contribution in [3.05, 3.63) is 39.7 Å². The number of carbonyl (C=O) groups is 1. The number of nitrogens with zero attached hydrogens (tertiary/aromatic N) is 1. The van der Waals surface area contributed by atoms with Crippen LogP contribution in [0.4, 0.5) is 26.2 Å². The van der Waals surface area contributed by atoms with E-state index in [0.717, 1.165) is 7.11 Å². The van der Waals surface area contributed by atoms with Crippen LogP contribution in [0.25, 0.3) is 10.9 Å². The molecule has 0 fully saturated rings. The fourth-order valence-corrected chi connectivity index (χ4v) is 2.38. The van der Waals surface area contributed by atoms with Crippen molar-refractivity contribution in [1.29, 1.82) is 0 Å². The summed E-state index contributed by atoms with van der Waals surface area (Å²) in [6, 6.07) is 0.360. The Morgan fingerprint density at radius 2 is 1.82 bits per heavy atom. The van der Waals surface area contributed by atoms with Gasteiger partial charge in [0, 0.05) is 13.1 Å². The zero-order valence-electron chi connectivity index (χ0n) is 15.3. The second-order valence-electron chi connectivity index (χ2n) is 5.34. The smallest absolute Gasteiger partial charge is 0.491 e. The molecule has 0 aliphatic carbocycles. The average molecular weight is 411 g/mol. The van der Waals surface area contributed by atoms with Crippen LogP contribution < -0.4 is 10.2 Å². The summed E-state index contributed by atoms with van der Waals surface area (Å²) in [4.78, 5) is 24.0. The predicted octanol–water partition coefficient (Wildman–Crippen LogP) is 4.05. The number of pyridine rings is 1. The van der Waals surface area contributed by atoms with E-state index in [1.54, 1.807) is 0 Å². The highest BCUT2D eigenvalue weighted by Crippen LogP contribution is 2.31. The molecule has 0 saturated carbocycles. The molecule has 5 nitrogen and oxygen atoms in total. The molecule has 0 bridgehead atoms. The summed E-state index contributed by atoms with van der Waals surface area (Å²) in [5, 5.41) is -0.714. The van der Waals surface area contributed by atoms with E-state index in [4.69, 9.17) is 0 Å². The van der Waals surface area contributed by atoms with Crippen LogP contribution in [0.3, 0.4) is 0 Å². The van der Waals surface area contributed by atoms with E-state index in [1.165, 1.54) is 0 Å². The summed E-state index contributed by atoms with van der Waals surface area (Å²) in [6.07, 6.45) is 0.507. The minimum atomic E-state index is -3.57. The topological polar surface area (TPSA) is 57.5 Å². The number of ether oxygens (including phenoxy) is 1. The Bertz CT molecular complexity index is 926. The first-order chi connectivity index (χ1) is 13.0. The van der Waals surface area contributed by atoms with Crippen molar-refractivity contribution >= 4 is 24.3 Å². The Labute approximate surface area is 156 Å². The van der Waals surface area contributed by atoms with E-state index >= 15 is 0 Å². The van der Waals surface area contributed by atoms with Gasteiger partial charge in [0.05, 0.1) is 24.6 Å². The van der Waals surface area contributed by atoms with E-state index in [2.05, 4.69) is 9.39 Å². The molecule has 2 rings (SSSR count). The normalized spacial score (nSPS) is 10.9. The van der Waals surface area contributed by atoms with Crippen LogP contribution in [-0.4, -0.2) is 31.0 Å². The molecule has 0 radical (unpaired) electrons. The van der Waals surface area contributed by atoms with Crippen molar-refractivity contribution in [1.82, 2.24) is 4.57 Å². The van der Waals surface area contributed by atoms with Gasteiger partial charge in [-0.3, -0.25) is 4.79 Å². The van der Waals surface area contributed by atoms with Crippen molar-refractivity contribution < 1.29 is 40.4 Å². The second-order valence-corrected chi connectivity index (χ2v) is 5.34. The van der Waals surface area contributed by atoms with Crippen molar-refractivity contribution in [2.75, 3.05) is 7.11 Å². The number of methoxy groups -OCH3 is 1. The van der Waals surface area contributed by atoms with E-state index in [-0.39, 0.29) is 0 Å². The highest BCUT2D eigenvalue weighted by molar-refractivity contribution is 6.38. The number of aromatic nitrogens is 1. The Balaban J connectivity index is 0.00000190. The first-order valence-electron chi connectivity index (χ1n) is 7.92. The van der Waals surface area contributed by atoms with Gasteiger partial charge in [-0.15, -0.1) is 0 Å². The number of halogens is 6. The van der Waals surface area contributed by atoms with Crippen LogP contribution in [0.1, 0.15) is 31.1 Å². The number of rotatable bonds is 5. The lowest BCUT2D eigenvalue weighted by Gasteiger charge is -2.19. The molecule has 12 heteroatoms. The molecule has 154 valence electrons. The number of fused-ring (bicyclic) bond motifs is 1. The minimum Gasteiger partial charge on any atom is -0.491 e. The molecule has 0 unspecified atom stereocenters. The van der Waals surface area contributed by atoms with Gasteiger partial charge in [0.15, 0.2) is 11.6 Å². The molecular formula is C16H16BF6NO4. The number of alkyl halides is 2. The molecule has 28 heavy (non-hydrogen) atoms. The van der Waals surface area contributed by atoms with Gasteiger partial charge in [-0.25, -0.2) is 26.6 Å². The molecule has 0 N–H and O–H groups in total. The van der Waals surface area contributed by atoms with Gasteiger partial charge >= 0.3 is 13.4 Å². The summed E-state index contributed by atoms with van der Waals surface area (Å²) in [7, 11) is -2.66. The van der Waals surface area contributed by atoms with Crippen LogP contribution in [0.5, 0.6) is 5.75 Å². The van der Waals surface area contributed by atoms with E-state index in [1.807, 2.05) is 13.8 Å². The molecule has 0 atom stereocenters. The fourth-order valence-electron chi connectivity index (χ4n) is 2.38. The zero-order chi connectivity index (χ0) is 21.8. The highest BCUT2D eigenvalue weighted by atomic mass is 19.3. The Morgan fingerprint density at radius 3 is 2.29 bits per heavy atom. The summed E-state index contributed by atoms with van der Waals surface area (Å²) in [5.41, 5.74) is -2.92. The van der Waals surface area contributed by atoms with Crippen LogP contribution in [-0.2, 0) is 11.2 Å². The van der Waals surface area contributed by atoms with Crippen LogP contribution in [0.15, 0.2) is 17.1 Å². The van der Waals surface area contributed by atoms with Gasteiger partial charge < -0.3 is 14.0 Å². The van der Waals surface area contributed by atoms with Gasteiger partial charge in [0.2, 0.25) is 11.2 Å².